The molecule has 0 saturated carbocycles. The van der Waals surface area contributed by atoms with Crippen molar-refractivity contribution in [3.8, 4) is 0 Å². The van der Waals surface area contributed by atoms with Crippen LogP contribution in [0.15, 0.2) is 0 Å². The molecule has 0 aromatic heterocycles. The van der Waals surface area contributed by atoms with Gasteiger partial charge in [0.25, 0.3) is 0 Å². The summed E-state index contributed by atoms with van der Waals surface area (Å²) >= 11 is 0. The lowest BCUT2D eigenvalue weighted by molar-refractivity contribution is 0.540. The quantitative estimate of drug-likeness (QED) is 0.0451. The molecular weight excluding hydrogens is 569 g/mol. The first-order chi connectivity index (χ1) is 22.8. The molecule has 46 heavy (non-hydrogen) atoms. The molecule has 0 aliphatic heterocycles. The highest BCUT2D eigenvalue weighted by atomic mass is 28.3. The van der Waals surface area contributed by atoms with Crippen LogP contribution in [0.2, 0.25) is 18.1 Å². The normalized spacial score (nSPS) is 11.7. The summed E-state index contributed by atoms with van der Waals surface area (Å²) in [5.74, 6) is 0. The van der Waals surface area contributed by atoms with Crippen LogP contribution < -0.4 is 0 Å². The molecule has 0 N–H and O–H groups in total. The maximum absolute atomic E-state index is 2.32. The average molecular weight is 663 g/mol. The molecule has 0 heterocycles. The minimum Gasteiger partial charge on any atom is -0.0654 e. The summed E-state index contributed by atoms with van der Waals surface area (Å²) in [5.41, 5.74) is 0. The zero-order valence-electron chi connectivity index (χ0n) is 33.3. The largest absolute Gasteiger partial charge is 0.0654 e. The lowest BCUT2D eigenvalue weighted by atomic mass is 10.0. The van der Waals surface area contributed by atoms with Crippen molar-refractivity contribution in [2.45, 2.75) is 289 Å². The SMILES string of the molecule is CCCCCCCCCCCCCCC[SiH](CCCCCCCCCCCCCCC)CCCCCCCCCCCCCCC. The van der Waals surface area contributed by atoms with Crippen molar-refractivity contribution >= 4 is 8.80 Å². The maximum Gasteiger partial charge on any atom is 0.0367 e. The third-order valence-corrected chi connectivity index (χ3v) is 14.8. The molecule has 0 unspecified atom stereocenters. The third-order valence-electron chi connectivity index (χ3n) is 11.1. The van der Waals surface area contributed by atoms with Gasteiger partial charge in [-0.25, -0.2) is 0 Å². The van der Waals surface area contributed by atoms with Crippen LogP contribution in [-0.4, -0.2) is 8.80 Å². The minimum atomic E-state index is -0.494. The van der Waals surface area contributed by atoms with E-state index < -0.39 is 8.80 Å². The molecule has 0 atom stereocenters. The zero-order chi connectivity index (χ0) is 33.3. The number of unbranched alkanes of at least 4 members (excludes halogenated alkanes) is 36. The maximum atomic E-state index is 2.32. The zero-order valence-corrected chi connectivity index (χ0v) is 34.4. The molecule has 0 aromatic rings. The van der Waals surface area contributed by atoms with Crippen LogP contribution in [0.3, 0.4) is 0 Å². The van der Waals surface area contributed by atoms with Crippen molar-refractivity contribution in [3.05, 3.63) is 0 Å². The Bertz CT molecular complexity index is 430. The Hall–Kier alpha value is 0.217. The Morgan fingerprint density at radius 1 is 0.174 bits per heavy atom. The second-order valence-corrected chi connectivity index (χ2v) is 19.4. The van der Waals surface area contributed by atoms with E-state index in [0.29, 0.717) is 0 Å². The van der Waals surface area contributed by atoms with Crippen molar-refractivity contribution in [1.29, 1.82) is 0 Å². The van der Waals surface area contributed by atoms with E-state index in [1.807, 2.05) is 0 Å². The monoisotopic (exact) mass is 663 g/mol. The van der Waals surface area contributed by atoms with E-state index in [1.165, 1.54) is 231 Å². The van der Waals surface area contributed by atoms with Gasteiger partial charge in [-0.1, -0.05) is 289 Å². The summed E-state index contributed by atoms with van der Waals surface area (Å²) in [6, 6.07) is 5.02. The van der Waals surface area contributed by atoms with Gasteiger partial charge in [-0.2, -0.15) is 0 Å². The fourth-order valence-corrected chi connectivity index (χ4v) is 11.2. The molecule has 0 amide bonds. The first-order valence-corrected chi connectivity index (χ1v) is 25.3. The van der Waals surface area contributed by atoms with E-state index in [0.717, 1.165) is 0 Å². The van der Waals surface area contributed by atoms with E-state index in [4.69, 9.17) is 0 Å². The molecule has 0 radical (unpaired) electrons. The van der Waals surface area contributed by atoms with Gasteiger partial charge in [0.2, 0.25) is 0 Å². The van der Waals surface area contributed by atoms with Gasteiger partial charge in [0, 0.05) is 8.80 Å². The molecule has 0 saturated heterocycles. The first-order valence-electron chi connectivity index (χ1n) is 22.8. The van der Waals surface area contributed by atoms with E-state index in [2.05, 4.69) is 20.8 Å². The van der Waals surface area contributed by atoms with Crippen molar-refractivity contribution in [1.82, 2.24) is 0 Å². The molecular formula is C45H94Si. The summed E-state index contributed by atoms with van der Waals surface area (Å²) in [4.78, 5) is 0. The fourth-order valence-electron chi connectivity index (χ4n) is 7.79. The second-order valence-electron chi connectivity index (χ2n) is 16.0. The standard InChI is InChI=1S/C45H94Si/c1-4-7-10-13-16-19-22-25-28-31-34-37-40-43-46(44-41-38-35-32-29-26-23-20-17-14-11-8-5-2)45-42-39-36-33-30-27-24-21-18-15-12-9-6-3/h46H,4-45H2,1-3H3. The predicted molar refractivity (Wildman–Crippen MR) is 219 cm³/mol. The molecule has 0 spiro atoms. The Morgan fingerprint density at radius 2 is 0.304 bits per heavy atom. The van der Waals surface area contributed by atoms with Crippen LogP contribution in [0.4, 0.5) is 0 Å². The fraction of sp³-hybridized carbons (Fsp3) is 1.00. The number of hydrogen-bond acceptors (Lipinski definition) is 0. The highest BCUT2D eigenvalue weighted by Gasteiger charge is 2.10. The van der Waals surface area contributed by atoms with E-state index in [-0.39, 0.29) is 0 Å². The summed E-state index contributed by atoms with van der Waals surface area (Å²) < 4.78 is 0. The van der Waals surface area contributed by atoms with Gasteiger partial charge in [0.05, 0.1) is 0 Å². The molecule has 0 aliphatic carbocycles. The molecule has 0 aliphatic rings. The van der Waals surface area contributed by atoms with Crippen LogP contribution in [-0.2, 0) is 0 Å². The smallest absolute Gasteiger partial charge is 0.0367 e. The molecule has 0 nitrogen and oxygen atoms in total. The van der Waals surface area contributed by atoms with Gasteiger partial charge in [-0.3, -0.25) is 0 Å². The third kappa shape index (κ3) is 40.4. The van der Waals surface area contributed by atoms with Crippen molar-refractivity contribution < 1.29 is 0 Å². The Labute approximate surface area is 297 Å². The minimum absolute atomic E-state index is 0.494. The van der Waals surface area contributed by atoms with Gasteiger partial charge >= 0.3 is 0 Å². The van der Waals surface area contributed by atoms with Gasteiger partial charge < -0.3 is 0 Å². The summed E-state index contributed by atoms with van der Waals surface area (Å²) in [7, 11) is -0.494. The summed E-state index contributed by atoms with van der Waals surface area (Å²) in [6.45, 7) is 6.97. The molecule has 0 aromatic carbocycles. The van der Waals surface area contributed by atoms with Gasteiger partial charge in [-0.05, 0) is 0 Å². The van der Waals surface area contributed by atoms with Gasteiger partial charge in [0.1, 0.15) is 0 Å². The Balaban J connectivity index is 3.91. The van der Waals surface area contributed by atoms with E-state index in [1.54, 1.807) is 37.4 Å². The second kappa shape index (κ2) is 43.2. The van der Waals surface area contributed by atoms with Crippen molar-refractivity contribution in [2.75, 3.05) is 0 Å². The van der Waals surface area contributed by atoms with Gasteiger partial charge in [-0.15, -0.1) is 0 Å². The number of hydrogen-bond donors (Lipinski definition) is 0. The summed E-state index contributed by atoms with van der Waals surface area (Å²) in [5, 5.41) is 0. The highest BCUT2D eigenvalue weighted by molar-refractivity contribution is 6.58. The molecule has 0 fully saturated rings. The van der Waals surface area contributed by atoms with Crippen LogP contribution >= 0.6 is 0 Å². The average Bonchev–Trinajstić information content (AvgIpc) is 3.07. The van der Waals surface area contributed by atoms with Crippen LogP contribution in [0, 0.1) is 0 Å². The lowest BCUT2D eigenvalue weighted by Gasteiger charge is -2.15. The molecule has 0 rings (SSSR count). The molecule has 278 valence electrons. The number of rotatable bonds is 42. The topological polar surface area (TPSA) is 0 Å². The van der Waals surface area contributed by atoms with E-state index >= 15 is 0 Å². The van der Waals surface area contributed by atoms with Crippen molar-refractivity contribution in [3.63, 3.8) is 0 Å². The summed E-state index contributed by atoms with van der Waals surface area (Å²) in [6.07, 6.45) is 58.3. The van der Waals surface area contributed by atoms with E-state index in [9.17, 15) is 0 Å². The van der Waals surface area contributed by atoms with Crippen molar-refractivity contribution in [2.24, 2.45) is 0 Å². The van der Waals surface area contributed by atoms with Crippen LogP contribution in [0.25, 0.3) is 0 Å². The van der Waals surface area contributed by atoms with Crippen LogP contribution in [0.5, 0.6) is 0 Å². The van der Waals surface area contributed by atoms with Gasteiger partial charge in [0.15, 0.2) is 0 Å². The lowest BCUT2D eigenvalue weighted by Crippen LogP contribution is -2.12. The Morgan fingerprint density at radius 3 is 0.457 bits per heavy atom. The Kier molecular flexibility index (Phi) is 43.4. The first kappa shape index (κ1) is 46.2. The highest BCUT2D eigenvalue weighted by Crippen LogP contribution is 2.22. The predicted octanol–water partition coefficient (Wildman–Crippen LogP) is 17.5. The van der Waals surface area contributed by atoms with Crippen LogP contribution in [0.1, 0.15) is 271 Å². The molecule has 0 bridgehead atoms. The molecule has 1 heteroatoms.